The van der Waals surface area contributed by atoms with Gasteiger partial charge in [0.05, 0.1) is 25.9 Å². The van der Waals surface area contributed by atoms with E-state index in [1.54, 1.807) is 0 Å². The molecule has 0 N–H and O–H groups in total. The van der Waals surface area contributed by atoms with Crippen molar-refractivity contribution in [2.75, 3.05) is 26.7 Å². The number of likely N-dealkylation sites (tertiary alicyclic amines) is 1. The van der Waals surface area contributed by atoms with Crippen LogP contribution in [0.2, 0.25) is 0 Å². The van der Waals surface area contributed by atoms with Crippen LogP contribution in [-0.2, 0) is 4.74 Å². The summed E-state index contributed by atoms with van der Waals surface area (Å²) < 4.78 is 41.3. The fourth-order valence-electron chi connectivity index (χ4n) is 3.23. The highest BCUT2D eigenvalue weighted by Crippen LogP contribution is 2.43. The van der Waals surface area contributed by atoms with E-state index in [-0.39, 0.29) is 25.3 Å². The Morgan fingerprint density at radius 1 is 1.32 bits per heavy atom. The first-order chi connectivity index (χ1) is 9.98. The summed E-state index contributed by atoms with van der Waals surface area (Å²) in [4.78, 5) is 22.9. The molecule has 0 aromatic carbocycles. The molecule has 124 valence electrons. The number of alkyl halides is 3. The lowest BCUT2D eigenvalue weighted by molar-refractivity contribution is -0.620. The maximum absolute atomic E-state index is 12.2. The zero-order valence-corrected chi connectivity index (χ0v) is 11.6. The smallest absolute Gasteiger partial charge is 0.422 e. The van der Waals surface area contributed by atoms with Crippen molar-refractivity contribution in [2.45, 2.75) is 30.1 Å². The zero-order valence-electron chi connectivity index (χ0n) is 11.6. The van der Waals surface area contributed by atoms with Gasteiger partial charge in [-0.15, -0.1) is 0 Å². The lowest BCUT2D eigenvalue weighted by Crippen LogP contribution is -2.65. The van der Waals surface area contributed by atoms with E-state index in [0.29, 0.717) is 0 Å². The van der Waals surface area contributed by atoms with Crippen molar-refractivity contribution in [3.05, 3.63) is 32.1 Å². The molecule has 0 radical (unpaired) electrons. The van der Waals surface area contributed by atoms with E-state index in [1.807, 2.05) is 0 Å². The minimum atomic E-state index is -4.62. The Morgan fingerprint density at radius 2 is 1.95 bits per heavy atom. The van der Waals surface area contributed by atoms with Crippen LogP contribution in [0, 0.1) is 20.2 Å². The van der Waals surface area contributed by atoms with Crippen LogP contribution in [0.3, 0.4) is 0 Å². The largest absolute Gasteiger partial charge is 0.488 e. The second-order valence-corrected chi connectivity index (χ2v) is 5.88. The van der Waals surface area contributed by atoms with Crippen LogP contribution >= 0.6 is 0 Å². The molecular weight excluding hydrogens is 311 g/mol. The lowest BCUT2D eigenvalue weighted by Gasteiger charge is -2.43. The zero-order chi connectivity index (χ0) is 16.8. The van der Waals surface area contributed by atoms with E-state index in [4.69, 9.17) is 0 Å². The number of piperidine rings is 1. The average Bonchev–Trinajstić information content (AvgIpc) is 2.33. The van der Waals surface area contributed by atoms with E-state index in [2.05, 4.69) is 4.74 Å². The number of rotatable bonds is 4. The standard InChI is InChI=1S/C11H14F3N3O5/c1-15-5-9(16(18)19)2-8(22-7-11(12,13)14)3-10(4-9,6-15)17(20)21/h2H,3-7H2,1H3/t9-,10+/m1/s1. The summed E-state index contributed by atoms with van der Waals surface area (Å²) in [5, 5.41) is 22.8. The fourth-order valence-corrected chi connectivity index (χ4v) is 3.23. The number of hydrogen-bond acceptors (Lipinski definition) is 6. The predicted molar refractivity (Wildman–Crippen MR) is 66.3 cm³/mol. The molecule has 1 heterocycles. The van der Waals surface area contributed by atoms with E-state index in [0.717, 1.165) is 6.08 Å². The number of ether oxygens (including phenoxy) is 1. The van der Waals surface area contributed by atoms with Crippen LogP contribution in [0.1, 0.15) is 12.8 Å². The Morgan fingerprint density at radius 3 is 2.45 bits per heavy atom. The molecule has 8 nitrogen and oxygen atoms in total. The summed E-state index contributed by atoms with van der Waals surface area (Å²) in [6, 6.07) is 0. The van der Waals surface area contributed by atoms with Crippen molar-refractivity contribution in [1.82, 2.24) is 4.90 Å². The normalized spacial score (nSPS) is 32.3. The first-order valence-corrected chi connectivity index (χ1v) is 6.37. The molecule has 0 aromatic rings. The van der Waals surface area contributed by atoms with Gasteiger partial charge >= 0.3 is 6.18 Å². The second-order valence-electron chi connectivity index (χ2n) is 5.88. The third-order valence-electron chi connectivity index (χ3n) is 3.85. The molecule has 2 rings (SSSR count). The van der Waals surface area contributed by atoms with Crippen LogP contribution in [0.5, 0.6) is 0 Å². The summed E-state index contributed by atoms with van der Waals surface area (Å²) in [5.41, 5.74) is -3.52. The molecule has 2 atom stereocenters. The summed E-state index contributed by atoms with van der Waals surface area (Å²) in [5.74, 6) is -0.343. The minimum absolute atomic E-state index is 0.0810. The first kappa shape index (κ1) is 16.5. The van der Waals surface area contributed by atoms with Crippen molar-refractivity contribution in [1.29, 1.82) is 0 Å². The maximum atomic E-state index is 12.2. The maximum Gasteiger partial charge on any atom is 0.422 e. The molecule has 0 saturated carbocycles. The number of halogens is 3. The highest BCUT2D eigenvalue weighted by Gasteiger charge is 2.64. The Balaban J connectivity index is 2.38. The molecule has 1 saturated heterocycles. The van der Waals surface area contributed by atoms with E-state index >= 15 is 0 Å². The van der Waals surface area contributed by atoms with E-state index in [9.17, 15) is 33.4 Å². The van der Waals surface area contributed by atoms with Gasteiger partial charge in [-0.3, -0.25) is 25.1 Å². The van der Waals surface area contributed by atoms with Crippen molar-refractivity contribution >= 4 is 0 Å². The number of nitro groups is 2. The monoisotopic (exact) mass is 325 g/mol. The molecule has 1 aliphatic carbocycles. The van der Waals surface area contributed by atoms with Gasteiger partial charge in [0.15, 0.2) is 6.61 Å². The number of nitrogens with zero attached hydrogens (tertiary/aromatic N) is 3. The number of likely N-dealkylation sites (N-methyl/N-ethyl adjacent to an activating group) is 1. The van der Waals surface area contributed by atoms with Crippen molar-refractivity contribution in [3.63, 3.8) is 0 Å². The Kier molecular flexibility index (Phi) is 3.80. The summed E-state index contributed by atoms with van der Waals surface area (Å²) in [7, 11) is 1.51. The van der Waals surface area contributed by atoms with Crippen molar-refractivity contribution < 1.29 is 27.8 Å². The molecule has 0 aromatic heterocycles. The van der Waals surface area contributed by atoms with Crippen molar-refractivity contribution in [2.24, 2.45) is 0 Å². The topological polar surface area (TPSA) is 98.8 Å². The Bertz CT molecular complexity index is 538. The van der Waals surface area contributed by atoms with Gasteiger partial charge in [-0.25, -0.2) is 0 Å². The summed E-state index contributed by atoms with van der Waals surface area (Å²) in [6.07, 6.45) is -4.37. The van der Waals surface area contributed by atoms with Crippen LogP contribution in [0.15, 0.2) is 11.8 Å². The van der Waals surface area contributed by atoms with Crippen LogP contribution in [0.25, 0.3) is 0 Å². The highest BCUT2D eigenvalue weighted by atomic mass is 19.4. The molecule has 2 aliphatic rings. The second kappa shape index (κ2) is 5.07. The first-order valence-electron chi connectivity index (χ1n) is 6.37. The van der Waals surface area contributed by atoms with Gasteiger partial charge in [0.2, 0.25) is 5.54 Å². The molecule has 22 heavy (non-hydrogen) atoms. The molecule has 0 unspecified atom stereocenters. The van der Waals surface area contributed by atoms with Gasteiger partial charge in [-0.2, -0.15) is 13.2 Å². The molecule has 2 bridgehead atoms. The molecule has 0 amide bonds. The Labute approximate surface area is 122 Å². The van der Waals surface area contributed by atoms with Crippen LogP contribution in [0.4, 0.5) is 13.2 Å². The lowest BCUT2D eigenvalue weighted by atomic mass is 9.71. The fraction of sp³-hybridized carbons (Fsp3) is 0.818. The molecule has 0 spiro atoms. The van der Waals surface area contributed by atoms with Gasteiger partial charge in [0, 0.05) is 15.9 Å². The SMILES string of the molecule is CN1C[C@@]2([N+](=O)[O-])C=C(OCC(F)(F)F)C[C@@]([N+](=O)[O-])(C1)C2. The number of hydrogen-bond donors (Lipinski definition) is 0. The van der Waals surface area contributed by atoms with Crippen molar-refractivity contribution in [3.8, 4) is 0 Å². The van der Waals surface area contributed by atoms with Gasteiger partial charge in [0.1, 0.15) is 5.76 Å². The molecule has 1 fully saturated rings. The van der Waals surface area contributed by atoms with Gasteiger partial charge in [-0.1, -0.05) is 0 Å². The molecule has 1 aliphatic heterocycles. The molecule has 11 heteroatoms. The molecular formula is C11H14F3N3O5. The number of fused-ring (bicyclic) bond motifs is 2. The van der Waals surface area contributed by atoms with Gasteiger partial charge in [-0.05, 0) is 7.05 Å². The summed E-state index contributed by atoms with van der Waals surface area (Å²) in [6.45, 7) is -1.83. The van der Waals surface area contributed by atoms with Crippen LogP contribution in [-0.4, -0.2) is 58.7 Å². The van der Waals surface area contributed by atoms with Gasteiger partial charge in [0.25, 0.3) is 5.54 Å². The van der Waals surface area contributed by atoms with E-state index < -0.39 is 40.1 Å². The van der Waals surface area contributed by atoms with Crippen LogP contribution < -0.4 is 0 Å². The third kappa shape index (κ3) is 2.98. The van der Waals surface area contributed by atoms with E-state index in [1.165, 1.54) is 11.9 Å². The predicted octanol–water partition coefficient (Wildman–Crippen LogP) is 1.22. The quantitative estimate of drug-likeness (QED) is 0.569. The Hall–Kier alpha value is -1.91. The highest BCUT2D eigenvalue weighted by molar-refractivity contribution is 5.21. The van der Waals surface area contributed by atoms with Gasteiger partial charge < -0.3 is 4.74 Å². The minimum Gasteiger partial charge on any atom is -0.488 e. The summed E-state index contributed by atoms with van der Waals surface area (Å²) >= 11 is 0. The third-order valence-corrected chi connectivity index (χ3v) is 3.85. The average molecular weight is 325 g/mol.